The predicted molar refractivity (Wildman–Crippen MR) is 72.3 cm³/mol. The Balaban J connectivity index is 1.83. The van der Waals surface area contributed by atoms with Gasteiger partial charge in [0, 0.05) is 19.4 Å². The van der Waals surface area contributed by atoms with E-state index in [0.717, 1.165) is 11.1 Å². The number of amides is 1. The normalized spacial score (nSPS) is 9.95. The first-order chi connectivity index (χ1) is 9.25. The molecule has 0 N–H and O–H groups in total. The average Bonchev–Trinajstić information content (AvgIpc) is 2.47. The van der Waals surface area contributed by atoms with Gasteiger partial charge in [-0.05, 0) is 17.2 Å². The second-order valence-corrected chi connectivity index (χ2v) is 4.26. The zero-order chi connectivity index (χ0) is 13.5. The first kappa shape index (κ1) is 13.1. The van der Waals surface area contributed by atoms with Crippen molar-refractivity contribution in [2.45, 2.75) is 13.2 Å². The molecule has 1 amide bonds. The van der Waals surface area contributed by atoms with Crippen LogP contribution in [-0.2, 0) is 17.9 Å². The largest absolute Gasteiger partial charge is 0.445 e. The van der Waals surface area contributed by atoms with E-state index in [2.05, 4.69) is 4.98 Å². The highest BCUT2D eigenvalue weighted by Gasteiger charge is 2.10. The Hall–Kier alpha value is -2.36. The van der Waals surface area contributed by atoms with Crippen molar-refractivity contribution in [1.82, 2.24) is 9.88 Å². The van der Waals surface area contributed by atoms with Gasteiger partial charge in [-0.1, -0.05) is 36.4 Å². The SMILES string of the molecule is CN(Cc1cccnc1)C(=O)OCc1ccccc1. The van der Waals surface area contributed by atoms with E-state index in [0.29, 0.717) is 6.54 Å². The molecule has 1 heterocycles. The zero-order valence-corrected chi connectivity index (χ0v) is 10.8. The van der Waals surface area contributed by atoms with Gasteiger partial charge >= 0.3 is 6.09 Å². The van der Waals surface area contributed by atoms with Gasteiger partial charge in [0.05, 0.1) is 6.54 Å². The molecule has 0 atom stereocenters. The lowest BCUT2D eigenvalue weighted by atomic mass is 10.2. The number of ether oxygens (including phenoxy) is 1. The van der Waals surface area contributed by atoms with Crippen LogP contribution in [0.2, 0.25) is 0 Å². The number of rotatable bonds is 4. The lowest BCUT2D eigenvalue weighted by Gasteiger charge is -2.16. The minimum Gasteiger partial charge on any atom is -0.445 e. The molecule has 4 heteroatoms. The van der Waals surface area contributed by atoms with Gasteiger partial charge in [-0.2, -0.15) is 0 Å². The Bertz CT molecular complexity index is 514. The van der Waals surface area contributed by atoms with Gasteiger partial charge in [-0.25, -0.2) is 4.79 Å². The highest BCUT2D eigenvalue weighted by atomic mass is 16.6. The van der Waals surface area contributed by atoms with Crippen molar-refractivity contribution < 1.29 is 9.53 Å². The lowest BCUT2D eigenvalue weighted by Crippen LogP contribution is -2.26. The van der Waals surface area contributed by atoms with Crippen molar-refractivity contribution in [1.29, 1.82) is 0 Å². The molecule has 0 aliphatic carbocycles. The van der Waals surface area contributed by atoms with Gasteiger partial charge in [0.2, 0.25) is 0 Å². The molecule has 0 aliphatic rings. The van der Waals surface area contributed by atoms with Crippen molar-refractivity contribution in [2.75, 3.05) is 7.05 Å². The summed E-state index contributed by atoms with van der Waals surface area (Å²) in [6, 6.07) is 13.4. The Morgan fingerprint density at radius 3 is 2.58 bits per heavy atom. The molecule has 0 saturated heterocycles. The maximum atomic E-state index is 11.8. The van der Waals surface area contributed by atoms with Gasteiger partial charge in [0.15, 0.2) is 0 Å². The number of hydrogen-bond donors (Lipinski definition) is 0. The van der Waals surface area contributed by atoms with Crippen molar-refractivity contribution in [3.05, 3.63) is 66.0 Å². The van der Waals surface area contributed by atoms with Crippen molar-refractivity contribution >= 4 is 6.09 Å². The number of pyridine rings is 1. The van der Waals surface area contributed by atoms with Crippen LogP contribution >= 0.6 is 0 Å². The molecule has 0 aliphatic heterocycles. The monoisotopic (exact) mass is 256 g/mol. The molecule has 98 valence electrons. The lowest BCUT2D eigenvalue weighted by molar-refractivity contribution is 0.103. The van der Waals surface area contributed by atoms with Crippen molar-refractivity contribution in [3.8, 4) is 0 Å². The summed E-state index contributed by atoms with van der Waals surface area (Å²) in [7, 11) is 1.71. The first-order valence-electron chi connectivity index (χ1n) is 6.06. The predicted octanol–water partition coefficient (Wildman–Crippen LogP) is 2.85. The molecule has 19 heavy (non-hydrogen) atoms. The number of aromatic nitrogens is 1. The molecule has 0 spiro atoms. The minimum atomic E-state index is -0.340. The highest BCUT2D eigenvalue weighted by Crippen LogP contribution is 2.05. The van der Waals surface area contributed by atoms with Crippen LogP contribution in [0.1, 0.15) is 11.1 Å². The van der Waals surface area contributed by atoms with Crippen LogP contribution in [0, 0.1) is 0 Å². The molecule has 1 aromatic carbocycles. The van der Waals surface area contributed by atoms with E-state index in [-0.39, 0.29) is 12.7 Å². The summed E-state index contributed by atoms with van der Waals surface area (Å²) < 4.78 is 5.23. The fourth-order valence-corrected chi connectivity index (χ4v) is 1.66. The van der Waals surface area contributed by atoms with Crippen LogP contribution in [0.3, 0.4) is 0 Å². The standard InChI is InChI=1S/C15H16N2O2/c1-17(11-14-8-5-9-16-10-14)15(18)19-12-13-6-3-2-4-7-13/h2-10H,11-12H2,1H3. The van der Waals surface area contributed by atoms with Crippen LogP contribution in [0.4, 0.5) is 4.79 Å². The third kappa shape index (κ3) is 4.10. The second kappa shape index (κ2) is 6.54. The van der Waals surface area contributed by atoms with Crippen LogP contribution in [0.25, 0.3) is 0 Å². The quantitative estimate of drug-likeness (QED) is 0.844. The van der Waals surface area contributed by atoms with Crippen LogP contribution in [0.5, 0.6) is 0 Å². The third-order valence-electron chi connectivity index (χ3n) is 2.66. The molecule has 0 saturated carbocycles. The molecule has 4 nitrogen and oxygen atoms in total. The summed E-state index contributed by atoms with van der Waals surface area (Å²) in [5, 5.41) is 0. The molecule has 1 aromatic heterocycles. The minimum absolute atomic E-state index is 0.289. The van der Waals surface area contributed by atoms with E-state index in [4.69, 9.17) is 4.74 Å². The molecular formula is C15H16N2O2. The highest BCUT2D eigenvalue weighted by molar-refractivity contribution is 5.67. The maximum absolute atomic E-state index is 11.8. The van der Waals surface area contributed by atoms with Gasteiger partial charge in [0.1, 0.15) is 6.61 Å². The van der Waals surface area contributed by atoms with Gasteiger partial charge in [0.25, 0.3) is 0 Å². The van der Waals surface area contributed by atoms with E-state index in [1.54, 1.807) is 19.4 Å². The fourth-order valence-electron chi connectivity index (χ4n) is 1.66. The van der Waals surface area contributed by atoms with E-state index in [1.807, 2.05) is 42.5 Å². The Labute approximate surface area is 112 Å². The smallest absolute Gasteiger partial charge is 0.410 e. The maximum Gasteiger partial charge on any atom is 0.410 e. The summed E-state index contributed by atoms with van der Waals surface area (Å²) in [6.07, 6.45) is 3.10. The number of benzene rings is 1. The number of nitrogens with zero attached hydrogens (tertiary/aromatic N) is 2. The number of carbonyl (C=O) groups is 1. The van der Waals surface area contributed by atoms with Crippen LogP contribution < -0.4 is 0 Å². The van der Waals surface area contributed by atoms with E-state index in [9.17, 15) is 4.79 Å². The van der Waals surface area contributed by atoms with Gasteiger partial charge < -0.3 is 9.64 Å². The molecule has 0 bridgehead atoms. The third-order valence-corrected chi connectivity index (χ3v) is 2.66. The second-order valence-electron chi connectivity index (χ2n) is 4.26. The van der Waals surface area contributed by atoms with E-state index < -0.39 is 0 Å². The molecule has 2 aromatic rings. The Morgan fingerprint density at radius 2 is 1.89 bits per heavy atom. The first-order valence-corrected chi connectivity index (χ1v) is 6.06. The molecule has 0 radical (unpaired) electrons. The van der Waals surface area contributed by atoms with Gasteiger partial charge in [-0.3, -0.25) is 4.98 Å². The Morgan fingerprint density at radius 1 is 1.16 bits per heavy atom. The van der Waals surface area contributed by atoms with Gasteiger partial charge in [-0.15, -0.1) is 0 Å². The van der Waals surface area contributed by atoms with Crippen molar-refractivity contribution in [3.63, 3.8) is 0 Å². The zero-order valence-electron chi connectivity index (χ0n) is 10.8. The summed E-state index contributed by atoms with van der Waals surface area (Å²) in [5.74, 6) is 0. The molecule has 2 rings (SSSR count). The van der Waals surface area contributed by atoms with Crippen molar-refractivity contribution in [2.24, 2.45) is 0 Å². The molecule has 0 fully saturated rings. The topological polar surface area (TPSA) is 42.4 Å². The summed E-state index contributed by atoms with van der Waals surface area (Å²) in [4.78, 5) is 17.3. The molecule has 0 unspecified atom stereocenters. The fraction of sp³-hybridized carbons (Fsp3) is 0.200. The van der Waals surface area contributed by atoms with Crippen LogP contribution in [-0.4, -0.2) is 23.0 Å². The summed E-state index contributed by atoms with van der Waals surface area (Å²) in [6.45, 7) is 0.776. The van der Waals surface area contributed by atoms with Crippen LogP contribution in [0.15, 0.2) is 54.9 Å². The summed E-state index contributed by atoms with van der Waals surface area (Å²) >= 11 is 0. The number of carbonyl (C=O) groups excluding carboxylic acids is 1. The van der Waals surface area contributed by atoms with E-state index >= 15 is 0 Å². The Kier molecular flexibility index (Phi) is 4.50. The van der Waals surface area contributed by atoms with E-state index in [1.165, 1.54) is 4.90 Å². The number of hydrogen-bond acceptors (Lipinski definition) is 3. The summed E-state index contributed by atoms with van der Waals surface area (Å²) in [5.41, 5.74) is 1.95. The average molecular weight is 256 g/mol. The molecular weight excluding hydrogens is 240 g/mol.